The van der Waals surface area contributed by atoms with Crippen LogP contribution in [-0.4, -0.2) is 41.8 Å². The molecular formula is C18H22N2O3S. The Morgan fingerprint density at radius 3 is 2.96 bits per heavy atom. The smallest absolute Gasteiger partial charge is 0.318 e. The first kappa shape index (κ1) is 16.9. The molecule has 0 aliphatic carbocycles. The Balaban J connectivity index is 1.58. The minimum atomic E-state index is -0.173. The van der Waals surface area contributed by atoms with Gasteiger partial charge in [0.1, 0.15) is 0 Å². The zero-order chi connectivity index (χ0) is 16.9. The summed E-state index contributed by atoms with van der Waals surface area (Å²) in [4.78, 5) is 26.6. The van der Waals surface area contributed by atoms with Crippen LogP contribution in [0.25, 0.3) is 0 Å². The van der Waals surface area contributed by atoms with Crippen molar-refractivity contribution in [3.8, 4) is 0 Å². The second kappa shape index (κ2) is 7.75. The third kappa shape index (κ3) is 3.75. The molecule has 1 aromatic carbocycles. The molecule has 2 amide bonds. The summed E-state index contributed by atoms with van der Waals surface area (Å²) in [7, 11) is 1.41. The Hall–Kier alpha value is -1.95. The zero-order valence-corrected chi connectivity index (χ0v) is 14.6. The van der Waals surface area contributed by atoms with Gasteiger partial charge in [-0.05, 0) is 18.4 Å². The first-order valence-corrected chi connectivity index (χ1v) is 9.18. The molecule has 24 heavy (non-hydrogen) atoms. The van der Waals surface area contributed by atoms with Crippen LogP contribution in [0.1, 0.15) is 24.8 Å². The molecule has 128 valence electrons. The molecule has 6 heteroatoms. The highest BCUT2D eigenvalue weighted by atomic mass is 32.2. The van der Waals surface area contributed by atoms with Crippen LogP contribution in [0, 0.1) is 0 Å². The maximum absolute atomic E-state index is 12.3. The van der Waals surface area contributed by atoms with Gasteiger partial charge in [-0.2, -0.15) is 0 Å². The van der Waals surface area contributed by atoms with Crippen molar-refractivity contribution in [2.75, 3.05) is 12.9 Å². The van der Waals surface area contributed by atoms with Crippen LogP contribution < -0.4 is 5.32 Å². The van der Waals surface area contributed by atoms with E-state index in [9.17, 15) is 9.59 Å². The number of hydrogen-bond acceptors (Lipinski definition) is 4. The fourth-order valence-electron chi connectivity index (χ4n) is 3.11. The number of methoxy groups -OCH3 is 1. The molecule has 0 bridgehead atoms. The molecule has 0 spiro atoms. The maximum atomic E-state index is 12.3. The van der Waals surface area contributed by atoms with E-state index in [1.54, 1.807) is 11.8 Å². The number of fused-ring (bicyclic) bond motifs is 1. The van der Waals surface area contributed by atoms with Crippen LogP contribution in [0.2, 0.25) is 0 Å². The van der Waals surface area contributed by atoms with Crippen molar-refractivity contribution in [3.05, 3.63) is 46.9 Å². The van der Waals surface area contributed by atoms with Gasteiger partial charge in [0, 0.05) is 23.6 Å². The van der Waals surface area contributed by atoms with Crippen molar-refractivity contribution in [2.24, 2.45) is 0 Å². The summed E-state index contributed by atoms with van der Waals surface area (Å²) in [5.74, 6) is 0.743. The number of ether oxygens (including phenoxy) is 1. The van der Waals surface area contributed by atoms with E-state index >= 15 is 0 Å². The van der Waals surface area contributed by atoms with E-state index in [4.69, 9.17) is 0 Å². The molecular weight excluding hydrogens is 324 g/mol. The minimum absolute atomic E-state index is 0.00890. The van der Waals surface area contributed by atoms with E-state index in [1.165, 1.54) is 12.0 Å². The predicted octanol–water partition coefficient (Wildman–Crippen LogP) is 2.92. The largest absolute Gasteiger partial charge is 0.469 e. The quantitative estimate of drug-likeness (QED) is 0.489. The van der Waals surface area contributed by atoms with Crippen molar-refractivity contribution in [1.82, 2.24) is 10.2 Å². The monoisotopic (exact) mass is 346 g/mol. The molecule has 2 atom stereocenters. The SMILES string of the molecule is COC(=O)CCC/C=C1\SC[C@H]2[C@@H]1NC(=O)N2Cc1ccccc1. The topological polar surface area (TPSA) is 58.6 Å². The van der Waals surface area contributed by atoms with Crippen LogP contribution >= 0.6 is 11.8 Å². The van der Waals surface area contributed by atoms with E-state index in [2.05, 4.69) is 16.1 Å². The fraction of sp³-hybridized carbons (Fsp3) is 0.444. The van der Waals surface area contributed by atoms with Gasteiger partial charge in [-0.15, -0.1) is 11.8 Å². The molecule has 1 aromatic rings. The molecule has 0 unspecified atom stereocenters. The molecule has 2 fully saturated rings. The molecule has 0 aromatic heterocycles. The van der Waals surface area contributed by atoms with Gasteiger partial charge in [-0.3, -0.25) is 4.79 Å². The highest BCUT2D eigenvalue weighted by Crippen LogP contribution is 2.38. The number of benzene rings is 1. The number of amides is 2. The Labute approximate surface area is 146 Å². The van der Waals surface area contributed by atoms with Crippen molar-refractivity contribution in [2.45, 2.75) is 37.9 Å². The van der Waals surface area contributed by atoms with E-state index in [-0.39, 0.29) is 24.1 Å². The summed E-state index contributed by atoms with van der Waals surface area (Å²) in [6.07, 6.45) is 4.20. The Morgan fingerprint density at radius 2 is 2.21 bits per heavy atom. The van der Waals surface area contributed by atoms with Crippen LogP contribution in [0.3, 0.4) is 0 Å². The molecule has 2 aliphatic rings. The van der Waals surface area contributed by atoms with Gasteiger partial charge >= 0.3 is 12.0 Å². The first-order valence-electron chi connectivity index (χ1n) is 8.20. The summed E-state index contributed by atoms with van der Waals surface area (Å²) in [5, 5.41) is 3.10. The first-order chi connectivity index (χ1) is 11.7. The predicted molar refractivity (Wildman–Crippen MR) is 94.5 cm³/mol. The highest BCUT2D eigenvalue weighted by molar-refractivity contribution is 8.03. The van der Waals surface area contributed by atoms with Crippen LogP contribution in [-0.2, 0) is 16.1 Å². The number of thioether (sulfide) groups is 1. The van der Waals surface area contributed by atoms with E-state index in [1.807, 2.05) is 35.2 Å². The number of urea groups is 1. The van der Waals surface area contributed by atoms with Crippen molar-refractivity contribution < 1.29 is 14.3 Å². The average molecular weight is 346 g/mol. The standard InChI is InChI=1S/C18H22N2O3S/c1-23-16(21)10-6-5-9-15-17-14(12-24-15)20(18(22)19-17)11-13-7-3-2-4-8-13/h2-4,7-9,14,17H,5-6,10-12H2,1H3,(H,19,22)/b15-9-/t14-,17-/m0/s1. The van der Waals surface area contributed by atoms with Gasteiger partial charge in [0.05, 0.1) is 19.2 Å². The normalized spacial score (nSPS) is 24.1. The molecule has 3 rings (SSSR count). The summed E-state index contributed by atoms with van der Waals surface area (Å²) < 4.78 is 4.65. The number of rotatable bonds is 6. The lowest BCUT2D eigenvalue weighted by atomic mass is 10.1. The molecule has 1 N–H and O–H groups in total. The lowest BCUT2D eigenvalue weighted by Crippen LogP contribution is -2.35. The van der Waals surface area contributed by atoms with E-state index in [0.717, 1.165) is 24.2 Å². The van der Waals surface area contributed by atoms with Gasteiger partial charge < -0.3 is 15.0 Å². The molecule has 5 nitrogen and oxygen atoms in total. The summed E-state index contributed by atoms with van der Waals surface area (Å²) in [6.45, 7) is 0.643. The third-order valence-corrected chi connectivity index (χ3v) is 5.67. The van der Waals surface area contributed by atoms with Crippen molar-refractivity contribution in [1.29, 1.82) is 0 Å². The van der Waals surface area contributed by atoms with Crippen molar-refractivity contribution >= 4 is 23.8 Å². The van der Waals surface area contributed by atoms with Crippen molar-refractivity contribution in [3.63, 3.8) is 0 Å². The number of hydrogen-bond donors (Lipinski definition) is 1. The molecule has 0 radical (unpaired) electrons. The Morgan fingerprint density at radius 1 is 1.42 bits per heavy atom. The number of unbranched alkanes of at least 4 members (excludes halogenated alkanes) is 1. The minimum Gasteiger partial charge on any atom is -0.469 e. The zero-order valence-electron chi connectivity index (χ0n) is 13.7. The summed E-state index contributed by atoms with van der Waals surface area (Å²) in [6, 6.07) is 10.4. The van der Waals surface area contributed by atoms with Gasteiger partial charge in [-0.25, -0.2) is 4.79 Å². The molecule has 2 heterocycles. The summed E-state index contributed by atoms with van der Waals surface area (Å²) in [5.41, 5.74) is 1.15. The number of nitrogens with one attached hydrogen (secondary N) is 1. The highest BCUT2D eigenvalue weighted by Gasteiger charge is 2.45. The number of carbonyl (C=O) groups is 2. The summed E-state index contributed by atoms with van der Waals surface area (Å²) >= 11 is 1.80. The Bertz CT molecular complexity index is 632. The lowest BCUT2D eigenvalue weighted by Gasteiger charge is -2.21. The second-order valence-electron chi connectivity index (χ2n) is 5.99. The van der Waals surface area contributed by atoms with Gasteiger partial charge in [0.2, 0.25) is 0 Å². The van der Waals surface area contributed by atoms with Gasteiger partial charge in [-0.1, -0.05) is 36.4 Å². The van der Waals surface area contributed by atoms with E-state index in [0.29, 0.717) is 13.0 Å². The third-order valence-electron chi connectivity index (χ3n) is 4.41. The molecule has 0 saturated carbocycles. The van der Waals surface area contributed by atoms with Gasteiger partial charge in [0.25, 0.3) is 0 Å². The number of esters is 1. The van der Waals surface area contributed by atoms with Crippen LogP contribution in [0.15, 0.2) is 41.3 Å². The average Bonchev–Trinajstić information content (AvgIpc) is 3.12. The number of allylic oxidation sites excluding steroid dienone is 1. The number of nitrogens with zero attached hydrogens (tertiary/aromatic N) is 1. The van der Waals surface area contributed by atoms with Crippen LogP contribution in [0.5, 0.6) is 0 Å². The maximum Gasteiger partial charge on any atom is 0.318 e. The van der Waals surface area contributed by atoms with E-state index < -0.39 is 0 Å². The lowest BCUT2D eigenvalue weighted by molar-refractivity contribution is -0.140. The molecule has 2 aliphatic heterocycles. The number of carbonyl (C=O) groups excluding carboxylic acids is 2. The second-order valence-corrected chi connectivity index (χ2v) is 7.09. The van der Waals surface area contributed by atoms with Gasteiger partial charge in [0.15, 0.2) is 0 Å². The molecule has 2 saturated heterocycles. The Kier molecular flexibility index (Phi) is 5.45. The van der Waals surface area contributed by atoms with Crippen LogP contribution in [0.4, 0.5) is 4.79 Å². The fourth-order valence-corrected chi connectivity index (χ4v) is 4.48.